The Hall–Kier alpha value is 0.400. The lowest BCUT2D eigenvalue weighted by Gasteiger charge is -2.04. The zero-order chi connectivity index (χ0) is 7.28. The summed E-state index contributed by atoms with van der Waals surface area (Å²) in [7, 11) is 0. The van der Waals surface area contributed by atoms with Gasteiger partial charge in [0.2, 0.25) is 0 Å². The number of thiocarbonyl (C=S) groups is 1. The van der Waals surface area contributed by atoms with Gasteiger partial charge in [0, 0.05) is 9.95 Å². The average molecular weight is 164 g/mol. The predicted molar refractivity (Wildman–Crippen MR) is 47.0 cm³/mol. The fourth-order valence-corrected chi connectivity index (χ4v) is 1.20. The Morgan fingerprint density at radius 2 is 2.33 bits per heavy atom. The van der Waals surface area contributed by atoms with Crippen molar-refractivity contribution in [3.63, 3.8) is 0 Å². The summed E-state index contributed by atoms with van der Waals surface area (Å²) in [5.74, 6) is 0.742. The minimum absolute atomic E-state index is 0.187. The Morgan fingerprint density at radius 3 is 2.67 bits per heavy atom. The van der Waals surface area contributed by atoms with Gasteiger partial charge in [-0.2, -0.15) is 0 Å². The molecule has 0 amide bonds. The van der Waals surface area contributed by atoms with Crippen molar-refractivity contribution in [2.75, 3.05) is 5.75 Å². The first kappa shape index (κ1) is 9.40. The zero-order valence-corrected chi connectivity index (χ0v) is 7.39. The van der Waals surface area contributed by atoms with Crippen molar-refractivity contribution in [2.45, 2.75) is 26.4 Å². The number of hydrogen-bond donors (Lipinski definition) is 1. The van der Waals surface area contributed by atoms with Crippen molar-refractivity contribution in [3.8, 4) is 0 Å². The first-order valence-corrected chi connectivity index (χ1v) is 4.37. The Bertz CT molecular complexity index is 93.1. The van der Waals surface area contributed by atoms with Crippen LogP contribution >= 0.6 is 24.0 Å². The highest BCUT2D eigenvalue weighted by Gasteiger charge is 1.99. The summed E-state index contributed by atoms with van der Waals surface area (Å²) >= 11 is 6.36. The molecule has 0 aromatic carbocycles. The van der Waals surface area contributed by atoms with Crippen LogP contribution in [-0.4, -0.2) is 21.2 Å². The summed E-state index contributed by atoms with van der Waals surface area (Å²) in [6.07, 6.45) is 0.628. The molecule has 1 atom stereocenters. The van der Waals surface area contributed by atoms with Crippen molar-refractivity contribution in [3.05, 3.63) is 0 Å². The van der Waals surface area contributed by atoms with Gasteiger partial charge in [0.15, 0.2) is 0 Å². The summed E-state index contributed by atoms with van der Waals surface area (Å²) in [4.78, 5) is 0. The highest BCUT2D eigenvalue weighted by molar-refractivity contribution is 8.23. The van der Waals surface area contributed by atoms with Crippen LogP contribution in [0.15, 0.2) is 0 Å². The molecule has 0 heterocycles. The Balaban J connectivity index is 3.16. The van der Waals surface area contributed by atoms with Gasteiger partial charge in [-0.3, -0.25) is 0 Å². The molecule has 9 heavy (non-hydrogen) atoms. The average Bonchev–Trinajstić information content (AvgIpc) is 1.83. The normalized spacial score (nSPS) is 13.2. The molecule has 0 rings (SSSR count). The van der Waals surface area contributed by atoms with Crippen LogP contribution in [0.25, 0.3) is 0 Å². The molecule has 0 spiro atoms. The number of aliphatic hydroxyl groups excluding tert-OH is 1. The van der Waals surface area contributed by atoms with E-state index >= 15 is 0 Å². The maximum Gasteiger partial charge on any atom is 0.0631 e. The van der Waals surface area contributed by atoms with E-state index in [1.165, 1.54) is 0 Å². The van der Waals surface area contributed by atoms with Gasteiger partial charge in [-0.05, 0) is 13.3 Å². The van der Waals surface area contributed by atoms with Crippen LogP contribution in [0.3, 0.4) is 0 Å². The lowest BCUT2D eigenvalue weighted by atomic mass is 10.3. The summed E-state index contributed by atoms with van der Waals surface area (Å²) in [5, 5.41) is 9.03. The molecule has 0 aliphatic carbocycles. The third kappa shape index (κ3) is 6.28. The monoisotopic (exact) mass is 164 g/mol. The maximum absolute atomic E-state index is 9.03. The Kier molecular flexibility index (Phi) is 5.44. The van der Waals surface area contributed by atoms with Crippen molar-refractivity contribution < 1.29 is 5.11 Å². The summed E-state index contributed by atoms with van der Waals surface area (Å²) in [6, 6.07) is 0. The molecule has 0 aliphatic heterocycles. The summed E-state index contributed by atoms with van der Waals surface area (Å²) in [6.45, 7) is 3.84. The van der Waals surface area contributed by atoms with E-state index in [4.69, 9.17) is 17.3 Å². The van der Waals surface area contributed by atoms with Crippen LogP contribution < -0.4 is 0 Å². The number of hydrogen-bond acceptors (Lipinski definition) is 3. The molecule has 0 radical (unpaired) electrons. The van der Waals surface area contributed by atoms with Gasteiger partial charge in [-0.1, -0.05) is 19.1 Å². The predicted octanol–water partition coefficient (Wildman–Crippen LogP) is 1.84. The fraction of sp³-hybridized carbons (Fsp3) is 0.833. The van der Waals surface area contributed by atoms with E-state index in [9.17, 15) is 0 Å². The molecule has 0 saturated heterocycles. The second kappa shape index (κ2) is 5.21. The molecule has 0 saturated carbocycles. The number of aliphatic hydroxyl groups is 1. The van der Waals surface area contributed by atoms with Gasteiger partial charge in [-0.15, -0.1) is 11.8 Å². The van der Waals surface area contributed by atoms with Crippen LogP contribution in [0.5, 0.6) is 0 Å². The van der Waals surface area contributed by atoms with Crippen molar-refractivity contribution in [2.24, 2.45) is 0 Å². The summed E-state index contributed by atoms with van der Waals surface area (Å²) in [5.41, 5.74) is 0. The molecule has 0 fully saturated rings. The third-order valence-corrected chi connectivity index (χ3v) is 2.26. The number of rotatable bonds is 3. The second-order valence-electron chi connectivity index (χ2n) is 1.86. The minimum Gasteiger partial charge on any atom is -0.392 e. The topological polar surface area (TPSA) is 20.2 Å². The minimum atomic E-state index is -0.187. The maximum atomic E-state index is 9.03. The highest BCUT2D eigenvalue weighted by atomic mass is 32.2. The number of thioether (sulfide) groups is 1. The van der Waals surface area contributed by atoms with E-state index < -0.39 is 0 Å². The van der Waals surface area contributed by atoms with Gasteiger partial charge in [0.05, 0.1) is 6.10 Å². The molecule has 0 aliphatic rings. The standard InChI is InChI=1S/C6H12OS2/c1-3-6(7)4-9-5(2)8/h6-7H,3-4H2,1-2H3. The zero-order valence-electron chi connectivity index (χ0n) is 5.76. The van der Waals surface area contributed by atoms with Crippen molar-refractivity contribution >= 4 is 28.2 Å². The molecule has 1 unspecified atom stereocenters. The Labute approximate surface area is 65.8 Å². The van der Waals surface area contributed by atoms with Crippen LogP contribution in [0, 0.1) is 0 Å². The molecule has 3 heteroatoms. The second-order valence-corrected chi connectivity index (χ2v) is 3.97. The highest BCUT2D eigenvalue weighted by Crippen LogP contribution is 2.06. The molecule has 0 aromatic heterocycles. The molecule has 0 bridgehead atoms. The summed E-state index contributed by atoms with van der Waals surface area (Å²) < 4.78 is 0.905. The molecular weight excluding hydrogens is 152 g/mol. The molecule has 1 N–H and O–H groups in total. The van der Waals surface area contributed by atoms with Gasteiger partial charge in [0.1, 0.15) is 0 Å². The molecule has 1 nitrogen and oxygen atoms in total. The van der Waals surface area contributed by atoms with Crippen LogP contribution in [0.1, 0.15) is 20.3 Å². The van der Waals surface area contributed by atoms with Crippen LogP contribution in [0.4, 0.5) is 0 Å². The molecule has 54 valence electrons. The van der Waals surface area contributed by atoms with Crippen LogP contribution in [-0.2, 0) is 0 Å². The van der Waals surface area contributed by atoms with Crippen LogP contribution in [0.2, 0.25) is 0 Å². The van der Waals surface area contributed by atoms with E-state index in [0.29, 0.717) is 0 Å². The lowest BCUT2D eigenvalue weighted by Crippen LogP contribution is -2.08. The van der Waals surface area contributed by atoms with E-state index in [1.54, 1.807) is 11.8 Å². The third-order valence-electron chi connectivity index (χ3n) is 0.950. The molecular formula is C6H12OS2. The smallest absolute Gasteiger partial charge is 0.0631 e. The van der Waals surface area contributed by atoms with Crippen molar-refractivity contribution in [1.29, 1.82) is 0 Å². The SMILES string of the molecule is CCC(O)CSC(C)=S. The first-order chi connectivity index (χ1) is 4.16. The van der Waals surface area contributed by atoms with E-state index in [0.717, 1.165) is 16.4 Å². The van der Waals surface area contributed by atoms with E-state index in [1.807, 2.05) is 13.8 Å². The quantitative estimate of drug-likeness (QED) is 0.643. The Morgan fingerprint density at radius 1 is 1.78 bits per heavy atom. The van der Waals surface area contributed by atoms with E-state index in [-0.39, 0.29) is 6.10 Å². The lowest BCUT2D eigenvalue weighted by molar-refractivity contribution is 0.195. The first-order valence-electron chi connectivity index (χ1n) is 2.98. The van der Waals surface area contributed by atoms with Gasteiger partial charge in [-0.25, -0.2) is 0 Å². The molecule has 0 aromatic rings. The largest absolute Gasteiger partial charge is 0.392 e. The fourth-order valence-electron chi connectivity index (χ4n) is 0.331. The van der Waals surface area contributed by atoms with Gasteiger partial charge in [0.25, 0.3) is 0 Å². The van der Waals surface area contributed by atoms with Gasteiger partial charge < -0.3 is 5.11 Å². The van der Waals surface area contributed by atoms with Crippen molar-refractivity contribution in [1.82, 2.24) is 0 Å². The van der Waals surface area contributed by atoms with E-state index in [2.05, 4.69) is 0 Å². The van der Waals surface area contributed by atoms with Gasteiger partial charge >= 0.3 is 0 Å².